The first-order valence-electron chi connectivity index (χ1n) is 6.22. The molecule has 108 valence electrons. The summed E-state index contributed by atoms with van der Waals surface area (Å²) < 4.78 is 27.6. The van der Waals surface area contributed by atoms with E-state index < -0.39 is 10.0 Å². The number of anilines is 1. The number of hydrogen-bond donors (Lipinski definition) is 3. The van der Waals surface area contributed by atoms with E-state index in [-0.39, 0.29) is 4.90 Å². The van der Waals surface area contributed by atoms with Crippen LogP contribution in [-0.4, -0.2) is 25.7 Å². The average molecular weight is 294 g/mol. The molecule has 0 bridgehead atoms. The van der Waals surface area contributed by atoms with Crippen LogP contribution in [0.5, 0.6) is 0 Å². The predicted molar refractivity (Wildman–Crippen MR) is 78.1 cm³/mol. The Labute approximate surface area is 118 Å². The minimum Gasteiger partial charge on any atom is -0.316 e. The van der Waals surface area contributed by atoms with Crippen LogP contribution in [0.25, 0.3) is 0 Å². The molecule has 20 heavy (non-hydrogen) atoms. The van der Waals surface area contributed by atoms with Gasteiger partial charge >= 0.3 is 0 Å². The first-order chi connectivity index (χ1) is 9.45. The summed E-state index contributed by atoms with van der Waals surface area (Å²) in [5, 5.41) is 9.63. The fraction of sp³-hybridized carbons (Fsp3) is 0.308. The normalized spacial score (nSPS) is 11.6. The Morgan fingerprint density at radius 1 is 1.25 bits per heavy atom. The molecule has 0 radical (unpaired) electrons. The molecular formula is C13H18N4O2S. The van der Waals surface area contributed by atoms with Crippen molar-refractivity contribution in [3.05, 3.63) is 41.2 Å². The molecule has 2 rings (SSSR count). The summed E-state index contributed by atoms with van der Waals surface area (Å²) >= 11 is 0. The zero-order chi connectivity index (χ0) is 14.8. The molecule has 0 saturated carbocycles. The third kappa shape index (κ3) is 2.83. The lowest BCUT2D eigenvalue weighted by molar-refractivity contribution is 0.600. The maximum absolute atomic E-state index is 12.5. The second-order valence-corrected chi connectivity index (χ2v) is 6.18. The van der Waals surface area contributed by atoms with Crippen LogP contribution in [0.1, 0.15) is 17.0 Å². The van der Waals surface area contributed by atoms with Gasteiger partial charge in [0.25, 0.3) is 10.0 Å². The van der Waals surface area contributed by atoms with Crippen LogP contribution in [0.2, 0.25) is 0 Å². The Morgan fingerprint density at radius 2 is 1.95 bits per heavy atom. The molecule has 0 fully saturated rings. The van der Waals surface area contributed by atoms with Gasteiger partial charge in [-0.2, -0.15) is 5.10 Å². The molecule has 1 aromatic carbocycles. The zero-order valence-corrected chi connectivity index (χ0v) is 12.5. The Hall–Kier alpha value is -1.86. The van der Waals surface area contributed by atoms with Gasteiger partial charge in [0.1, 0.15) is 4.90 Å². The number of nitrogens with one attached hydrogen (secondary N) is 3. The van der Waals surface area contributed by atoms with Gasteiger partial charge in [-0.1, -0.05) is 18.2 Å². The average Bonchev–Trinajstić information content (AvgIpc) is 2.72. The van der Waals surface area contributed by atoms with Crippen molar-refractivity contribution in [1.29, 1.82) is 0 Å². The van der Waals surface area contributed by atoms with E-state index in [4.69, 9.17) is 0 Å². The van der Waals surface area contributed by atoms with E-state index in [0.29, 0.717) is 23.6 Å². The number of benzene rings is 1. The minimum atomic E-state index is -3.64. The molecule has 3 N–H and O–H groups in total. The van der Waals surface area contributed by atoms with Crippen LogP contribution in [0.3, 0.4) is 0 Å². The maximum atomic E-state index is 12.5. The molecule has 0 saturated heterocycles. The van der Waals surface area contributed by atoms with Gasteiger partial charge < -0.3 is 5.32 Å². The predicted octanol–water partition coefficient (Wildman–Crippen LogP) is 1.55. The number of para-hydroxylation sites is 1. The monoisotopic (exact) mass is 294 g/mol. The van der Waals surface area contributed by atoms with Crippen molar-refractivity contribution >= 4 is 15.7 Å². The SMILES string of the molecule is CNCc1ccccc1NS(=O)(=O)c1c(C)n[nH]c1C. The number of aromatic amines is 1. The molecule has 7 heteroatoms. The number of hydrogen-bond acceptors (Lipinski definition) is 4. The molecule has 1 aromatic heterocycles. The summed E-state index contributed by atoms with van der Waals surface area (Å²) in [4.78, 5) is 0.205. The van der Waals surface area contributed by atoms with Gasteiger partial charge in [0, 0.05) is 6.54 Å². The van der Waals surface area contributed by atoms with Crippen LogP contribution in [0.15, 0.2) is 29.2 Å². The highest BCUT2D eigenvalue weighted by Crippen LogP contribution is 2.23. The second-order valence-electron chi connectivity index (χ2n) is 4.56. The minimum absolute atomic E-state index is 0.205. The summed E-state index contributed by atoms with van der Waals surface area (Å²) in [5.74, 6) is 0. The summed E-state index contributed by atoms with van der Waals surface area (Å²) in [7, 11) is -1.83. The van der Waals surface area contributed by atoms with Crippen molar-refractivity contribution in [3.63, 3.8) is 0 Å². The van der Waals surface area contributed by atoms with Crippen LogP contribution in [0, 0.1) is 13.8 Å². The maximum Gasteiger partial charge on any atom is 0.265 e. The molecule has 0 unspecified atom stereocenters. The lowest BCUT2D eigenvalue weighted by Crippen LogP contribution is -2.17. The van der Waals surface area contributed by atoms with Crippen molar-refractivity contribution in [2.24, 2.45) is 0 Å². The summed E-state index contributed by atoms with van der Waals surface area (Å²) in [6, 6.07) is 7.29. The molecule has 6 nitrogen and oxygen atoms in total. The fourth-order valence-corrected chi connectivity index (χ4v) is 3.57. The van der Waals surface area contributed by atoms with E-state index in [9.17, 15) is 8.42 Å². The summed E-state index contributed by atoms with van der Waals surface area (Å²) in [6.45, 7) is 3.94. The molecular weight excluding hydrogens is 276 g/mol. The van der Waals surface area contributed by atoms with Crippen molar-refractivity contribution in [1.82, 2.24) is 15.5 Å². The van der Waals surface area contributed by atoms with Gasteiger partial charge in [-0.3, -0.25) is 9.82 Å². The number of H-pyrrole nitrogens is 1. The lowest BCUT2D eigenvalue weighted by atomic mass is 10.2. The van der Waals surface area contributed by atoms with Gasteiger partial charge in [0.15, 0.2) is 0 Å². The Balaban J connectivity index is 2.39. The van der Waals surface area contributed by atoms with Crippen LogP contribution >= 0.6 is 0 Å². The zero-order valence-electron chi connectivity index (χ0n) is 11.7. The second kappa shape index (κ2) is 5.64. The van der Waals surface area contributed by atoms with E-state index in [2.05, 4.69) is 20.2 Å². The molecule has 1 heterocycles. The molecule has 0 spiro atoms. The topological polar surface area (TPSA) is 86.9 Å². The third-order valence-corrected chi connectivity index (χ3v) is 4.59. The Kier molecular flexibility index (Phi) is 4.10. The van der Waals surface area contributed by atoms with Crippen molar-refractivity contribution in [2.45, 2.75) is 25.3 Å². The number of nitrogens with zero attached hydrogens (tertiary/aromatic N) is 1. The third-order valence-electron chi connectivity index (χ3n) is 2.96. The van der Waals surface area contributed by atoms with E-state index in [1.54, 1.807) is 26.0 Å². The quantitative estimate of drug-likeness (QED) is 0.781. The highest BCUT2D eigenvalue weighted by molar-refractivity contribution is 7.92. The fourth-order valence-electron chi connectivity index (χ4n) is 2.10. The van der Waals surface area contributed by atoms with Crippen molar-refractivity contribution < 1.29 is 8.42 Å². The van der Waals surface area contributed by atoms with Gasteiger partial charge in [0.05, 0.1) is 17.1 Å². The van der Waals surface area contributed by atoms with Gasteiger partial charge in [-0.25, -0.2) is 8.42 Å². The van der Waals surface area contributed by atoms with E-state index in [1.807, 2.05) is 19.2 Å². The summed E-state index contributed by atoms with van der Waals surface area (Å²) in [5.41, 5.74) is 2.45. The highest BCUT2D eigenvalue weighted by Gasteiger charge is 2.22. The van der Waals surface area contributed by atoms with Crippen molar-refractivity contribution in [3.8, 4) is 0 Å². The van der Waals surface area contributed by atoms with Crippen LogP contribution in [0.4, 0.5) is 5.69 Å². The van der Waals surface area contributed by atoms with E-state index >= 15 is 0 Å². The first kappa shape index (κ1) is 14.5. The van der Waals surface area contributed by atoms with E-state index in [0.717, 1.165) is 5.56 Å². The largest absolute Gasteiger partial charge is 0.316 e. The number of aryl methyl sites for hydroxylation is 2. The van der Waals surface area contributed by atoms with Crippen LogP contribution in [-0.2, 0) is 16.6 Å². The summed E-state index contributed by atoms with van der Waals surface area (Å²) in [6.07, 6.45) is 0. The highest BCUT2D eigenvalue weighted by atomic mass is 32.2. The number of sulfonamides is 1. The van der Waals surface area contributed by atoms with E-state index in [1.165, 1.54) is 0 Å². The molecule has 0 aliphatic rings. The molecule has 0 amide bonds. The van der Waals surface area contributed by atoms with Crippen LogP contribution < -0.4 is 10.0 Å². The number of aromatic nitrogens is 2. The smallest absolute Gasteiger partial charge is 0.265 e. The van der Waals surface area contributed by atoms with Crippen molar-refractivity contribution in [2.75, 3.05) is 11.8 Å². The van der Waals surface area contributed by atoms with Gasteiger partial charge in [-0.05, 0) is 32.5 Å². The first-order valence-corrected chi connectivity index (χ1v) is 7.71. The van der Waals surface area contributed by atoms with Gasteiger partial charge in [0.2, 0.25) is 0 Å². The molecule has 0 aliphatic carbocycles. The Bertz CT molecular complexity index is 687. The number of rotatable bonds is 5. The Morgan fingerprint density at radius 3 is 2.55 bits per heavy atom. The van der Waals surface area contributed by atoms with Gasteiger partial charge in [-0.15, -0.1) is 0 Å². The molecule has 2 aromatic rings. The molecule has 0 aliphatic heterocycles. The molecule has 0 atom stereocenters. The lowest BCUT2D eigenvalue weighted by Gasteiger charge is -2.12. The standard InChI is InChI=1S/C13H18N4O2S/c1-9-13(10(2)16-15-9)20(18,19)17-12-7-5-4-6-11(12)8-14-3/h4-7,14,17H,8H2,1-3H3,(H,15,16).